The maximum absolute atomic E-state index is 11.9. The van der Waals surface area contributed by atoms with E-state index in [1.54, 1.807) is 12.1 Å². The summed E-state index contributed by atoms with van der Waals surface area (Å²) >= 11 is 5.28. The summed E-state index contributed by atoms with van der Waals surface area (Å²) in [6, 6.07) is 7.54. The number of carbonyl (C=O) groups is 2. The molecule has 28 heavy (non-hydrogen) atoms. The van der Waals surface area contributed by atoms with Crippen LogP contribution in [0.5, 0.6) is 5.75 Å². The van der Waals surface area contributed by atoms with Crippen molar-refractivity contribution in [2.24, 2.45) is 17.8 Å². The van der Waals surface area contributed by atoms with E-state index in [4.69, 9.17) is 21.7 Å². The van der Waals surface area contributed by atoms with Crippen LogP contribution in [0.1, 0.15) is 32.1 Å². The molecular weight excluding hydrogens is 382 g/mol. The lowest BCUT2D eigenvalue weighted by Gasteiger charge is -2.55. The highest BCUT2D eigenvalue weighted by atomic mass is 32.1. The fourth-order valence-electron chi connectivity index (χ4n) is 4.86. The molecule has 0 aromatic heterocycles. The van der Waals surface area contributed by atoms with E-state index in [1.807, 2.05) is 18.2 Å². The summed E-state index contributed by atoms with van der Waals surface area (Å²) in [5, 5.41) is 19.4. The molecule has 1 amide bonds. The lowest BCUT2D eigenvalue weighted by Crippen LogP contribution is -2.69. The highest BCUT2D eigenvalue weighted by Crippen LogP contribution is 2.50. The summed E-state index contributed by atoms with van der Waals surface area (Å²) in [6.45, 7) is 0. The number of hydrogen-bond acceptors (Lipinski definition) is 5. The maximum Gasteiger partial charge on any atom is 0.408 e. The SMILES string of the molecule is O=C(O)[C@@H]1[C@@H]2CC[C@@H]([C@H](CC3CC3)[C@H]2OC(=S)Oc2ccccc2)N1C(=O)O. The Hall–Kier alpha value is -2.35. The fraction of sp³-hybridized carbons (Fsp3) is 0.550. The second-order valence-electron chi connectivity index (χ2n) is 7.87. The van der Waals surface area contributed by atoms with Crippen molar-refractivity contribution >= 4 is 29.5 Å². The molecule has 7 nitrogen and oxygen atoms in total. The highest BCUT2D eigenvalue weighted by molar-refractivity contribution is 7.79. The van der Waals surface area contributed by atoms with E-state index in [-0.39, 0.29) is 17.2 Å². The molecular formula is C20H23NO6S. The van der Waals surface area contributed by atoms with Crippen LogP contribution in [-0.4, -0.2) is 50.6 Å². The molecule has 1 aromatic rings. The minimum atomic E-state index is -1.18. The Morgan fingerprint density at radius 2 is 1.82 bits per heavy atom. The Morgan fingerprint density at radius 1 is 1.11 bits per heavy atom. The molecule has 2 saturated carbocycles. The van der Waals surface area contributed by atoms with Gasteiger partial charge in [0.05, 0.1) is 0 Å². The van der Waals surface area contributed by atoms with Crippen molar-refractivity contribution in [2.45, 2.75) is 50.3 Å². The molecule has 2 bridgehead atoms. The second-order valence-corrected chi connectivity index (χ2v) is 8.21. The summed E-state index contributed by atoms with van der Waals surface area (Å²) in [4.78, 5) is 24.9. The number of para-hydroxylation sites is 1. The summed E-state index contributed by atoms with van der Waals surface area (Å²) in [6.07, 6.45) is 2.71. The molecule has 8 heteroatoms. The van der Waals surface area contributed by atoms with Gasteiger partial charge in [0.1, 0.15) is 17.9 Å². The molecule has 5 atom stereocenters. The number of rotatable bonds is 5. The third-order valence-electron chi connectivity index (χ3n) is 6.15. The van der Waals surface area contributed by atoms with Crippen LogP contribution in [-0.2, 0) is 9.53 Å². The fourth-order valence-corrected chi connectivity index (χ4v) is 5.07. The van der Waals surface area contributed by atoms with E-state index in [2.05, 4.69) is 0 Å². The Balaban J connectivity index is 1.57. The van der Waals surface area contributed by atoms with Gasteiger partial charge in [-0.2, -0.15) is 0 Å². The Morgan fingerprint density at radius 3 is 2.43 bits per heavy atom. The number of nitrogens with zero attached hydrogens (tertiary/aromatic N) is 1. The number of hydrogen-bond donors (Lipinski definition) is 2. The van der Waals surface area contributed by atoms with E-state index in [0.29, 0.717) is 24.5 Å². The highest BCUT2D eigenvalue weighted by Gasteiger charge is 2.59. The first-order valence-electron chi connectivity index (χ1n) is 9.63. The quantitative estimate of drug-likeness (QED) is 0.725. The van der Waals surface area contributed by atoms with Gasteiger partial charge in [0.15, 0.2) is 0 Å². The number of benzene rings is 1. The minimum absolute atomic E-state index is 0.0458. The van der Waals surface area contributed by atoms with Gasteiger partial charge in [-0.1, -0.05) is 31.0 Å². The topological polar surface area (TPSA) is 96.3 Å². The third kappa shape index (κ3) is 3.65. The van der Waals surface area contributed by atoms with Crippen molar-refractivity contribution < 1.29 is 29.3 Å². The van der Waals surface area contributed by atoms with Crippen LogP contribution in [0.2, 0.25) is 0 Å². The predicted molar refractivity (Wildman–Crippen MR) is 103 cm³/mol. The van der Waals surface area contributed by atoms with Crippen molar-refractivity contribution in [3.8, 4) is 5.75 Å². The predicted octanol–water partition coefficient (Wildman–Crippen LogP) is 3.38. The second kappa shape index (κ2) is 7.58. The molecule has 2 aliphatic carbocycles. The maximum atomic E-state index is 11.9. The zero-order valence-electron chi connectivity index (χ0n) is 15.3. The van der Waals surface area contributed by atoms with Crippen LogP contribution < -0.4 is 4.74 Å². The summed E-state index contributed by atoms with van der Waals surface area (Å²) < 4.78 is 11.6. The van der Waals surface area contributed by atoms with Crippen molar-refractivity contribution in [3.63, 3.8) is 0 Å². The molecule has 4 fully saturated rings. The van der Waals surface area contributed by atoms with E-state index in [0.717, 1.165) is 24.2 Å². The number of fused-ring (bicyclic) bond motifs is 3. The molecule has 4 aliphatic rings. The van der Waals surface area contributed by atoms with Crippen molar-refractivity contribution in [1.29, 1.82) is 0 Å². The van der Waals surface area contributed by atoms with Crippen molar-refractivity contribution in [2.75, 3.05) is 0 Å². The van der Waals surface area contributed by atoms with Gasteiger partial charge in [-0.05, 0) is 37.3 Å². The van der Waals surface area contributed by atoms with Gasteiger partial charge in [0.25, 0.3) is 0 Å². The Bertz CT molecular complexity index is 767. The van der Waals surface area contributed by atoms with Gasteiger partial charge in [-0.25, -0.2) is 9.59 Å². The number of carboxylic acid groups (broad SMARTS) is 2. The summed E-state index contributed by atoms with van der Waals surface area (Å²) in [7, 11) is 0. The molecule has 0 unspecified atom stereocenters. The summed E-state index contributed by atoms with van der Waals surface area (Å²) in [5.41, 5.74) is 0. The molecule has 2 aliphatic heterocycles. The van der Waals surface area contributed by atoms with Gasteiger partial charge in [0.2, 0.25) is 0 Å². The van der Waals surface area contributed by atoms with Gasteiger partial charge in [0, 0.05) is 30.1 Å². The van der Waals surface area contributed by atoms with Crippen LogP contribution >= 0.6 is 12.2 Å². The summed E-state index contributed by atoms with van der Waals surface area (Å²) in [5.74, 6) is -0.549. The molecule has 2 N–H and O–H groups in total. The lowest BCUT2D eigenvalue weighted by atomic mass is 9.65. The van der Waals surface area contributed by atoms with Crippen LogP contribution in [0, 0.1) is 17.8 Å². The molecule has 1 aromatic carbocycles. The molecule has 150 valence electrons. The normalized spacial score (nSPS) is 31.3. The zero-order chi connectivity index (χ0) is 19.8. The number of ether oxygens (including phenoxy) is 2. The van der Waals surface area contributed by atoms with Gasteiger partial charge < -0.3 is 19.7 Å². The van der Waals surface area contributed by atoms with Crippen LogP contribution in [0.15, 0.2) is 30.3 Å². The third-order valence-corrected chi connectivity index (χ3v) is 6.33. The first-order chi connectivity index (χ1) is 13.5. The van der Waals surface area contributed by atoms with Gasteiger partial charge in [-0.15, -0.1) is 0 Å². The standard InChI is InChI=1S/C20H23NO6S/c22-18(23)16-13-8-9-15(21(16)19(24)25)14(10-11-6-7-11)17(13)27-20(28)26-12-4-2-1-3-5-12/h1-5,11,13-17H,6-10H2,(H,22,23)(H,24,25)/t13-,14-,15-,16-,17-/m0/s1. The average molecular weight is 405 g/mol. The minimum Gasteiger partial charge on any atom is -0.480 e. The lowest BCUT2D eigenvalue weighted by molar-refractivity contribution is -0.166. The number of thiocarbonyl (C=S) groups is 1. The molecule has 5 rings (SSSR count). The van der Waals surface area contributed by atoms with Crippen molar-refractivity contribution in [1.82, 2.24) is 4.90 Å². The molecule has 0 radical (unpaired) electrons. The average Bonchev–Trinajstić information content (AvgIpc) is 3.48. The van der Waals surface area contributed by atoms with Crippen LogP contribution in [0.25, 0.3) is 0 Å². The van der Waals surface area contributed by atoms with Crippen molar-refractivity contribution in [3.05, 3.63) is 30.3 Å². The number of amides is 1. The molecule has 2 saturated heterocycles. The van der Waals surface area contributed by atoms with Gasteiger partial charge >= 0.3 is 17.3 Å². The Kier molecular flexibility index (Phi) is 5.14. The van der Waals surface area contributed by atoms with E-state index in [9.17, 15) is 19.8 Å². The number of aliphatic carboxylic acids is 1. The number of carboxylic acids is 1. The largest absolute Gasteiger partial charge is 0.480 e. The van der Waals surface area contributed by atoms with Crippen LogP contribution in [0.3, 0.4) is 0 Å². The molecule has 2 heterocycles. The first-order valence-corrected chi connectivity index (χ1v) is 10.0. The molecule has 0 spiro atoms. The van der Waals surface area contributed by atoms with E-state index < -0.39 is 30.1 Å². The van der Waals surface area contributed by atoms with E-state index >= 15 is 0 Å². The van der Waals surface area contributed by atoms with Gasteiger partial charge in [-0.3, -0.25) is 4.90 Å². The smallest absolute Gasteiger partial charge is 0.408 e. The monoisotopic (exact) mass is 405 g/mol. The van der Waals surface area contributed by atoms with E-state index in [1.165, 1.54) is 0 Å². The van der Waals surface area contributed by atoms with Crippen LogP contribution in [0.4, 0.5) is 4.79 Å². The zero-order valence-corrected chi connectivity index (χ0v) is 16.1. The Labute approximate surface area is 168 Å². The number of piperidine rings is 2. The first kappa shape index (κ1) is 19.0.